The molecule has 194 valence electrons. The lowest BCUT2D eigenvalue weighted by Crippen LogP contribution is -3.00. The van der Waals surface area contributed by atoms with Crippen molar-refractivity contribution in [2.75, 3.05) is 6.61 Å². The summed E-state index contributed by atoms with van der Waals surface area (Å²) in [6, 6.07) is 19.6. The highest BCUT2D eigenvalue weighted by Crippen LogP contribution is 2.24. The van der Waals surface area contributed by atoms with E-state index < -0.39 is 0 Å². The largest absolute Gasteiger partial charge is 1.00 e. The Kier molecular flexibility index (Phi) is 10.7. The van der Waals surface area contributed by atoms with Crippen LogP contribution in [0.5, 0.6) is 0 Å². The average molecular weight is 562 g/mol. The van der Waals surface area contributed by atoms with Gasteiger partial charge < -0.3 is 17.1 Å². The number of benzene rings is 3. The summed E-state index contributed by atoms with van der Waals surface area (Å²) in [6.07, 6.45) is 7.11. The second-order valence-corrected chi connectivity index (χ2v) is 9.50. The van der Waals surface area contributed by atoms with Gasteiger partial charge in [0.1, 0.15) is 30.9 Å². The SMILES string of the molecule is CCc1ccc(C(Cn2cc[n+](CC(=O)c3ccc(F)cc3)c2)OCCc2ccc(Cl)cc2Cl)cc1.[Cl-]. The number of carbonyl (C=O) groups excluding carboxylic acids is 1. The van der Waals surface area contributed by atoms with Crippen molar-refractivity contribution in [3.8, 4) is 0 Å². The van der Waals surface area contributed by atoms with E-state index in [0.29, 0.717) is 35.2 Å². The minimum absolute atomic E-state index is 0. The fourth-order valence-electron chi connectivity index (χ4n) is 3.98. The minimum Gasteiger partial charge on any atom is -1.00 e. The van der Waals surface area contributed by atoms with Crippen LogP contribution in [0.2, 0.25) is 10.0 Å². The quantitative estimate of drug-likeness (QED) is 0.207. The second kappa shape index (κ2) is 13.7. The van der Waals surface area contributed by atoms with Gasteiger partial charge in [-0.2, -0.15) is 0 Å². The van der Waals surface area contributed by atoms with E-state index in [1.54, 1.807) is 6.07 Å². The lowest BCUT2D eigenvalue weighted by molar-refractivity contribution is -0.682. The number of ether oxygens (including phenoxy) is 1. The molecule has 37 heavy (non-hydrogen) atoms. The van der Waals surface area contributed by atoms with Crippen LogP contribution in [0.3, 0.4) is 0 Å². The summed E-state index contributed by atoms with van der Waals surface area (Å²) in [7, 11) is 0. The highest BCUT2D eigenvalue weighted by Gasteiger charge is 2.18. The number of hydrogen-bond donors (Lipinski definition) is 0. The lowest BCUT2D eigenvalue weighted by atomic mass is 10.1. The molecular formula is C29H28Cl3FN2O2. The van der Waals surface area contributed by atoms with Crippen LogP contribution in [-0.4, -0.2) is 17.0 Å². The molecule has 0 aliphatic carbocycles. The van der Waals surface area contributed by atoms with Gasteiger partial charge in [-0.3, -0.25) is 4.79 Å². The van der Waals surface area contributed by atoms with Gasteiger partial charge in [-0.1, -0.05) is 60.5 Å². The fourth-order valence-corrected chi connectivity index (χ4v) is 4.49. The third-order valence-corrected chi connectivity index (χ3v) is 6.67. The van der Waals surface area contributed by atoms with Crippen LogP contribution >= 0.6 is 23.2 Å². The maximum absolute atomic E-state index is 13.2. The standard InChI is InChI=1S/C29H28Cl2FN2O2.ClH/c1-2-21-3-5-24(6-4-21)29(36-16-13-22-7-10-25(30)17-27(22)31)19-34-15-14-33(20-34)18-28(35)23-8-11-26(32)12-9-23;/h3-12,14-15,17,20,29H,2,13,16,18-19H2,1H3;1H/q+1;/p-1. The summed E-state index contributed by atoms with van der Waals surface area (Å²) in [5, 5.41) is 1.24. The van der Waals surface area contributed by atoms with Crippen molar-refractivity contribution in [1.82, 2.24) is 4.57 Å². The molecule has 3 aromatic carbocycles. The number of rotatable bonds is 11. The Balaban J connectivity index is 0.00000380. The van der Waals surface area contributed by atoms with Crippen LogP contribution in [-0.2, 0) is 30.7 Å². The number of hydrogen-bond acceptors (Lipinski definition) is 2. The molecular weight excluding hydrogens is 534 g/mol. The van der Waals surface area contributed by atoms with Gasteiger partial charge in [0.05, 0.1) is 6.61 Å². The van der Waals surface area contributed by atoms with Crippen LogP contribution in [0.25, 0.3) is 0 Å². The summed E-state index contributed by atoms with van der Waals surface area (Å²) in [5.74, 6) is -0.442. The van der Waals surface area contributed by atoms with Crippen molar-refractivity contribution >= 4 is 29.0 Å². The van der Waals surface area contributed by atoms with Crippen molar-refractivity contribution < 1.29 is 30.9 Å². The smallest absolute Gasteiger partial charge is 0.244 e. The molecule has 0 radical (unpaired) electrons. The van der Waals surface area contributed by atoms with E-state index in [0.717, 1.165) is 17.5 Å². The van der Waals surface area contributed by atoms with E-state index in [9.17, 15) is 9.18 Å². The first-order valence-corrected chi connectivity index (χ1v) is 12.6. The zero-order valence-corrected chi connectivity index (χ0v) is 22.7. The zero-order valence-electron chi connectivity index (χ0n) is 20.4. The molecule has 0 aliphatic heterocycles. The number of imidazole rings is 1. The van der Waals surface area contributed by atoms with E-state index >= 15 is 0 Å². The third-order valence-electron chi connectivity index (χ3n) is 6.08. The van der Waals surface area contributed by atoms with Gasteiger partial charge in [0, 0.05) is 15.6 Å². The highest BCUT2D eigenvalue weighted by atomic mass is 35.5. The number of nitrogens with zero attached hydrogens (tertiary/aromatic N) is 2. The van der Waals surface area contributed by atoms with E-state index in [1.165, 1.54) is 29.8 Å². The molecule has 1 atom stereocenters. The Bertz CT molecular complexity index is 1310. The molecule has 1 heterocycles. The average Bonchev–Trinajstić information content (AvgIpc) is 3.31. The molecule has 1 aromatic heterocycles. The number of ketones is 1. The summed E-state index contributed by atoms with van der Waals surface area (Å²) < 4.78 is 23.3. The molecule has 1 unspecified atom stereocenters. The molecule has 0 N–H and O–H groups in total. The van der Waals surface area contributed by atoms with Crippen molar-refractivity contribution in [1.29, 1.82) is 0 Å². The molecule has 4 rings (SSSR count). The molecule has 0 saturated carbocycles. The Labute approximate surface area is 233 Å². The Morgan fingerprint density at radius 3 is 2.46 bits per heavy atom. The Morgan fingerprint density at radius 1 is 1.05 bits per heavy atom. The van der Waals surface area contributed by atoms with Crippen LogP contribution in [0.15, 0.2) is 85.5 Å². The molecule has 4 nitrogen and oxygen atoms in total. The maximum atomic E-state index is 13.2. The van der Waals surface area contributed by atoms with Gasteiger partial charge in [-0.15, -0.1) is 0 Å². The third kappa shape index (κ3) is 8.14. The molecule has 0 fully saturated rings. The topological polar surface area (TPSA) is 35.1 Å². The predicted octanol–water partition coefficient (Wildman–Crippen LogP) is 3.67. The number of carbonyl (C=O) groups is 1. The maximum Gasteiger partial charge on any atom is 0.244 e. The van der Waals surface area contributed by atoms with Crippen molar-refractivity contribution in [3.63, 3.8) is 0 Å². The Hall–Kier alpha value is -2.70. The monoisotopic (exact) mass is 560 g/mol. The number of halogens is 4. The van der Waals surface area contributed by atoms with Crippen LogP contribution < -0.4 is 17.0 Å². The predicted molar refractivity (Wildman–Crippen MR) is 140 cm³/mol. The molecule has 0 saturated heterocycles. The van der Waals surface area contributed by atoms with Gasteiger partial charge in [-0.05, 0) is 65.9 Å². The zero-order chi connectivity index (χ0) is 25.5. The molecule has 0 bridgehead atoms. The van der Waals surface area contributed by atoms with E-state index in [1.807, 2.05) is 40.0 Å². The van der Waals surface area contributed by atoms with Gasteiger partial charge in [0.2, 0.25) is 12.1 Å². The summed E-state index contributed by atoms with van der Waals surface area (Å²) in [5.41, 5.74) is 3.81. The van der Waals surface area contributed by atoms with Crippen molar-refractivity contribution in [3.05, 3.63) is 124 Å². The Morgan fingerprint density at radius 2 is 1.78 bits per heavy atom. The van der Waals surface area contributed by atoms with Gasteiger partial charge in [0.15, 0.2) is 6.54 Å². The molecule has 8 heteroatoms. The first-order valence-electron chi connectivity index (χ1n) is 11.9. The normalized spacial score (nSPS) is 11.7. The number of Topliss-reactive ketones (excluding diaryl/α,β-unsaturated/α-hetero) is 1. The van der Waals surface area contributed by atoms with Crippen LogP contribution in [0, 0.1) is 5.82 Å². The highest BCUT2D eigenvalue weighted by molar-refractivity contribution is 6.35. The fraction of sp³-hybridized carbons (Fsp3) is 0.241. The van der Waals surface area contributed by atoms with Crippen molar-refractivity contribution in [2.45, 2.75) is 39.0 Å². The first kappa shape index (κ1) is 28.9. The van der Waals surface area contributed by atoms with Crippen LogP contribution in [0.4, 0.5) is 4.39 Å². The summed E-state index contributed by atoms with van der Waals surface area (Å²) >= 11 is 12.3. The molecule has 0 spiro atoms. The number of aromatic nitrogens is 2. The van der Waals surface area contributed by atoms with Crippen molar-refractivity contribution in [2.24, 2.45) is 0 Å². The number of aryl methyl sites for hydroxylation is 1. The van der Waals surface area contributed by atoms with Gasteiger partial charge in [-0.25, -0.2) is 13.5 Å². The minimum atomic E-state index is -0.360. The van der Waals surface area contributed by atoms with Gasteiger partial charge in [0.25, 0.3) is 0 Å². The van der Waals surface area contributed by atoms with E-state index in [4.69, 9.17) is 27.9 Å². The van der Waals surface area contributed by atoms with Gasteiger partial charge >= 0.3 is 0 Å². The van der Waals surface area contributed by atoms with Crippen LogP contribution in [0.1, 0.15) is 40.1 Å². The first-order chi connectivity index (χ1) is 17.4. The summed E-state index contributed by atoms with van der Waals surface area (Å²) in [6.45, 7) is 3.37. The second-order valence-electron chi connectivity index (χ2n) is 8.65. The molecule has 4 aromatic rings. The van der Waals surface area contributed by atoms with E-state index in [2.05, 4.69) is 31.2 Å². The molecule has 0 amide bonds. The lowest BCUT2D eigenvalue weighted by Gasteiger charge is -2.17. The summed E-state index contributed by atoms with van der Waals surface area (Å²) in [4.78, 5) is 12.6. The molecule has 0 aliphatic rings. The van der Waals surface area contributed by atoms with E-state index in [-0.39, 0.29) is 36.7 Å².